The summed E-state index contributed by atoms with van der Waals surface area (Å²) in [6.45, 7) is 0. The topological polar surface area (TPSA) is 89.0 Å². The number of fused-ring (bicyclic) bond motifs is 1. The smallest absolute Gasteiger partial charge is 0.349 e. The fourth-order valence-corrected chi connectivity index (χ4v) is 2.36. The minimum Gasteiger partial charge on any atom is -0.448 e. The van der Waals surface area contributed by atoms with Gasteiger partial charge < -0.3 is 4.74 Å². The van der Waals surface area contributed by atoms with E-state index in [1.807, 2.05) is 36.4 Å². The van der Waals surface area contributed by atoms with Crippen LogP contribution in [0.4, 0.5) is 5.69 Å². The minimum absolute atomic E-state index is 0.0609. The van der Waals surface area contributed by atoms with Crippen LogP contribution in [-0.4, -0.2) is 9.91 Å². The Bertz CT molecular complexity index is 966. The van der Waals surface area contributed by atoms with Gasteiger partial charge in [0.15, 0.2) is 0 Å². The van der Waals surface area contributed by atoms with Crippen molar-refractivity contribution in [1.82, 2.24) is 4.98 Å². The van der Waals surface area contributed by atoms with Crippen LogP contribution in [0.2, 0.25) is 5.15 Å². The van der Waals surface area contributed by atoms with E-state index in [4.69, 9.17) is 21.6 Å². The molecule has 0 bridgehead atoms. The van der Waals surface area contributed by atoms with Crippen molar-refractivity contribution in [3.05, 3.63) is 69.5 Å². The highest BCUT2D eigenvalue weighted by Gasteiger charge is 2.26. The van der Waals surface area contributed by atoms with Crippen molar-refractivity contribution in [2.75, 3.05) is 0 Å². The number of rotatable bonds is 3. The molecule has 0 amide bonds. The molecule has 3 aromatic rings. The normalized spacial score (nSPS) is 10.3. The SMILES string of the molecule is N#Cc1cnc(Cl)c([N+](=O)[O-])c1Oc1ccc2ccccc2c1. The maximum atomic E-state index is 11.2. The molecule has 0 spiro atoms. The van der Waals surface area contributed by atoms with Gasteiger partial charge in [-0.2, -0.15) is 5.26 Å². The van der Waals surface area contributed by atoms with Crippen LogP contribution in [-0.2, 0) is 0 Å². The number of hydrogen-bond acceptors (Lipinski definition) is 5. The van der Waals surface area contributed by atoms with Gasteiger partial charge in [-0.05, 0) is 22.9 Å². The van der Waals surface area contributed by atoms with Gasteiger partial charge in [-0.3, -0.25) is 10.1 Å². The molecular formula is C16H8ClN3O3. The largest absolute Gasteiger partial charge is 0.448 e. The summed E-state index contributed by atoms with van der Waals surface area (Å²) >= 11 is 5.77. The number of pyridine rings is 1. The monoisotopic (exact) mass is 325 g/mol. The fourth-order valence-electron chi connectivity index (χ4n) is 2.15. The van der Waals surface area contributed by atoms with Gasteiger partial charge in [0, 0.05) is 0 Å². The molecular weight excluding hydrogens is 318 g/mol. The van der Waals surface area contributed by atoms with E-state index in [1.165, 1.54) is 0 Å². The number of ether oxygens (including phenoxy) is 1. The molecule has 0 saturated heterocycles. The Morgan fingerprint density at radius 3 is 2.65 bits per heavy atom. The van der Waals surface area contributed by atoms with Crippen LogP contribution >= 0.6 is 11.6 Å². The Hall–Kier alpha value is -3.17. The lowest BCUT2D eigenvalue weighted by molar-refractivity contribution is -0.385. The summed E-state index contributed by atoms with van der Waals surface area (Å²) in [4.78, 5) is 14.1. The zero-order valence-corrected chi connectivity index (χ0v) is 12.3. The van der Waals surface area contributed by atoms with Crippen LogP contribution in [0.1, 0.15) is 5.56 Å². The lowest BCUT2D eigenvalue weighted by Gasteiger charge is -2.09. The van der Waals surface area contributed by atoms with Crippen molar-refractivity contribution in [3.8, 4) is 17.6 Å². The first-order chi connectivity index (χ1) is 11.1. The Morgan fingerprint density at radius 2 is 1.96 bits per heavy atom. The van der Waals surface area contributed by atoms with E-state index in [2.05, 4.69) is 4.98 Å². The molecule has 0 aliphatic rings. The standard InChI is InChI=1S/C16H8ClN3O3/c17-16-14(20(21)22)15(12(8-18)9-19-16)23-13-6-5-10-3-1-2-4-11(10)7-13/h1-7,9H. The van der Waals surface area contributed by atoms with Gasteiger partial charge in [0.25, 0.3) is 0 Å². The van der Waals surface area contributed by atoms with Crippen molar-refractivity contribution in [3.63, 3.8) is 0 Å². The van der Waals surface area contributed by atoms with Crippen molar-refractivity contribution < 1.29 is 9.66 Å². The van der Waals surface area contributed by atoms with Gasteiger partial charge >= 0.3 is 5.69 Å². The van der Waals surface area contributed by atoms with E-state index in [1.54, 1.807) is 12.1 Å². The molecule has 7 heteroatoms. The number of hydrogen-bond donors (Lipinski definition) is 0. The van der Waals surface area contributed by atoms with Gasteiger partial charge in [0.2, 0.25) is 10.9 Å². The fraction of sp³-hybridized carbons (Fsp3) is 0. The Labute approximate surface area is 135 Å². The predicted molar refractivity (Wildman–Crippen MR) is 84.6 cm³/mol. The molecule has 1 aromatic heterocycles. The second-order valence-electron chi connectivity index (χ2n) is 4.62. The summed E-state index contributed by atoms with van der Waals surface area (Å²) in [5.41, 5.74) is -0.590. The Morgan fingerprint density at radius 1 is 1.22 bits per heavy atom. The van der Waals surface area contributed by atoms with Crippen molar-refractivity contribution in [1.29, 1.82) is 5.26 Å². The molecule has 6 nitrogen and oxygen atoms in total. The molecule has 0 aliphatic carbocycles. The Balaban J connectivity index is 2.12. The van der Waals surface area contributed by atoms with Crippen LogP contribution in [0.25, 0.3) is 10.8 Å². The molecule has 0 aliphatic heterocycles. The minimum atomic E-state index is -0.716. The third kappa shape index (κ3) is 2.78. The van der Waals surface area contributed by atoms with Crippen LogP contribution in [0.15, 0.2) is 48.7 Å². The third-order valence-corrected chi connectivity index (χ3v) is 3.48. The van der Waals surface area contributed by atoms with Crippen LogP contribution < -0.4 is 4.74 Å². The van der Waals surface area contributed by atoms with Crippen LogP contribution in [0, 0.1) is 21.4 Å². The van der Waals surface area contributed by atoms with E-state index >= 15 is 0 Å². The number of benzene rings is 2. The molecule has 1 heterocycles. The first-order valence-corrected chi connectivity index (χ1v) is 6.87. The summed E-state index contributed by atoms with van der Waals surface area (Å²) in [6, 6.07) is 14.7. The number of aromatic nitrogens is 1. The van der Waals surface area contributed by atoms with Crippen molar-refractivity contribution in [2.24, 2.45) is 0 Å². The summed E-state index contributed by atoms with van der Waals surface area (Å²) in [7, 11) is 0. The van der Waals surface area contributed by atoms with Gasteiger partial charge in [0.1, 0.15) is 17.4 Å². The number of nitriles is 1. The van der Waals surface area contributed by atoms with Crippen molar-refractivity contribution in [2.45, 2.75) is 0 Å². The van der Waals surface area contributed by atoms with Crippen molar-refractivity contribution >= 4 is 28.1 Å². The first-order valence-electron chi connectivity index (χ1n) is 6.50. The summed E-state index contributed by atoms with van der Waals surface area (Å²) in [5.74, 6) is 0.151. The van der Waals surface area contributed by atoms with Gasteiger partial charge in [-0.15, -0.1) is 0 Å². The van der Waals surface area contributed by atoms with Crippen LogP contribution in [0.5, 0.6) is 11.5 Å². The van der Waals surface area contributed by atoms with Gasteiger partial charge in [-0.25, -0.2) is 4.98 Å². The lowest BCUT2D eigenvalue weighted by Crippen LogP contribution is -1.99. The third-order valence-electron chi connectivity index (χ3n) is 3.21. The quantitative estimate of drug-likeness (QED) is 0.403. The molecule has 112 valence electrons. The zero-order valence-electron chi connectivity index (χ0n) is 11.6. The first kappa shape index (κ1) is 14.8. The molecule has 3 rings (SSSR count). The number of nitrogens with zero attached hydrogens (tertiary/aromatic N) is 3. The van der Waals surface area contributed by atoms with E-state index < -0.39 is 10.6 Å². The highest BCUT2D eigenvalue weighted by molar-refractivity contribution is 6.31. The maximum absolute atomic E-state index is 11.2. The predicted octanol–water partition coefficient (Wildman–Crippen LogP) is 4.46. The number of nitro groups is 1. The summed E-state index contributed by atoms with van der Waals surface area (Å²) in [6.07, 6.45) is 1.14. The molecule has 0 saturated carbocycles. The van der Waals surface area contributed by atoms with E-state index in [0.717, 1.165) is 17.0 Å². The van der Waals surface area contributed by atoms with E-state index in [-0.39, 0.29) is 16.5 Å². The highest BCUT2D eigenvalue weighted by Crippen LogP contribution is 2.39. The Kier molecular flexibility index (Phi) is 3.79. The molecule has 0 atom stereocenters. The number of halogens is 1. The molecule has 2 aromatic carbocycles. The second kappa shape index (κ2) is 5.91. The van der Waals surface area contributed by atoms with E-state index in [9.17, 15) is 10.1 Å². The van der Waals surface area contributed by atoms with Gasteiger partial charge in [-0.1, -0.05) is 41.9 Å². The van der Waals surface area contributed by atoms with Crippen LogP contribution in [0.3, 0.4) is 0 Å². The average Bonchev–Trinajstić information content (AvgIpc) is 2.54. The lowest BCUT2D eigenvalue weighted by atomic mass is 10.1. The molecule has 0 N–H and O–H groups in total. The molecule has 23 heavy (non-hydrogen) atoms. The molecule has 0 radical (unpaired) electrons. The van der Waals surface area contributed by atoms with E-state index in [0.29, 0.717) is 5.75 Å². The second-order valence-corrected chi connectivity index (χ2v) is 4.98. The highest BCUT2D eigenvalue weighted by atomic mass is 35.5. The van der Waals surface area contributed by atoms with Gasteiger partial charge in [0.05, 0.1) is 11.1 Å². The zero-order chi connectivity index (χ0) is 16.4. The average molecular weight is 326 g/mol. The molecule has 0 unspecified atom stereocenters. The summed E-state index contributed by atoms with van der Waals surface area (Å²) in [5, 5.41) is 21.9. The summed E-state index contributed by atoms with van der Waals surface area (Å²) < 4.78 is 5.59. The maximum Gasteiger partial charge on any atom is 0.349 e. The molecule has 0 fully saturated rings.